The fraction of sp³-hybridized carbons (Fsp3) is 0.643. The van der Waals surface area contributed by atoms with Gasteiger partial charge in [0.05, 0.1) is 6.10 Å². The Bertz CT molecular complexity index is 703. The molecule has 1 saturated carbocycles. The van der Waals surface area contributed by atoms with Crippen LogP contribution >= 0.6 is 0 Å². The summed E-state index contributed by atoms with van der Waals surface area (Å²) in [7, 11) is 0. The first-order valence-corrected chi connectivity index (χ1v) is 12.5. The second-order valence-electron chi connectivity index (χ2n) is 9.44. The van der Waals surface area contributed by atoms with Crippen LogP contribution in [0.4, 0.5) is 0 Å². The molecule has 1 aromatic rings. The van der Waals surface area contributed by atoms with Crippen LogP contribution in [0, 0.1) is 5.92 Å². The van der Waals surface area contributed by atoms with E-state index in [4.69, 9.17) is 4.74 Å². The monoisotopic (exact) mass is 423 g/mol. The first kappa shape index (κ1) is 23.8. The molecular formula is C28H41NO2. The zero-order chi connectivity index (χ0) is 21.9. The predicted molar refractivity (Wildman–Crippen MR) is 129 cm³/mol. The highest BCUT2D eigenvalue weighted by atomic mass is 16.5. The van der Waals surface area contributed by atoms with Crippen molar-refractivity contribution >= 4 is 5.78 Å². The smallest absolute Gasteiger partial charge is 0.134 e. The number of ether oxygens (including phenoxy) is 1. The minimum atomic E-state index is 0.387. The lowest BCUT2D eigenvalue weighted by molar-refractivity contribution is -0.119. The summed E-state index contributed by atoms with van der Waals surface area (Å²) in [6.07, 6.45) is 14.2. The predicted octanol–water partition coefficient (Wildman–Crippen LogP) is 6.68. The van der Waals surface area contributed by atoms with Crippen molar-refractivity contribution in [3.8, 4) is 5.75 Å². The standard InChI is InChI=1S/C28H41NO2/c1-3-5-6-7-8-26(30)19-22-29-20-17-25(18-21-29)24-11-15-28(16-12-24)31-27-13-9-23(4-2)10-14-27/h5,11-12,15-16,23,25,27H,1,4,6-10,13-14,17-22H2,2H3. The van der Waals surface area contributed by atoms with Crippen LogP contribution in [-0.2, 0) is 4.79 Å². The Hall–Kier alpha value is -1.83. The molecule has 1 saturated heterocycles. The fourth-order valence-electron chi connectivity index (χ4n) is 5.07. The number of carbonyl (C=O) groups is 1. The number of nitrogens with zero attached hydrogens (tertiary/aromatic N) is 1. The highest BCUT2D eigenvalue weighted by Gasteiger charge is 2.23. The van der Waals surface area contributed by atoms with Crippen molar-refractivity contribution in [1.82, 2.24) is 4.90 Å². The molecule has 3 rings (SSSR count). The van der Waals surface area contributed by atoms with Gasteiger partial charge in [-0.15, -0.1) is 5.73 Å². The number of rotatable bonds is 11. The minimum Gasteiger partial charge on any atom is -0.490 e. The van der Waals surface area contributed by atoms with Gasteiger partial charge in [0.25, 0.3) is 0 Å². The van der Waals surface area contributed by atoms with Gasteiger partial charge in [-0.2, -0.15) is 0 Å². The largest absolute Gasteiger partial charge is 0.490 e. The molecule has 31 heavy (non-hydrogen) atoms. The van der Waals surface area contributed by atoms with Gasteiger partial charge in [0.1, 0.15) is 11.5 Å². The van der Waals surface area contributed by atoms with E-state index in [9.17, 15) is 4.79 Å². The Morgan fingerprint density at radius 2 is 1.81 bits per heavy atom. The Kier molecular flexibility index (Phi) is 9.90. The third kappa shape index (κ3) is 7.98. The van der Waals surface area contributed by atoms with Gasteiger partial charge in [-0.1, -0.05) is 32.1 Å². The van der Waals surface area contributed by atoms with Crippen LogP contribution in [0.15, 0.2) is 42.7 Å². The summed E-state index contributed by atoms with van der Waals surface area (Å²) in [5, 5.41) is 0. The summed E-state index contributed by atoms with van der Waals surface area (Å²) in [5.41, 5.74) is 4.20. The Morgan fingerprint density at radius 3 is 2.45 bits per heavy atom. The summed E-state index contributed by atoms with van der Waals surface area (Å²) in [6.45, 7) is 8.96. The molecule has 0 atom stereocenters. The van der Waals surface area contributed by atoms with Crippen LogP contribution in [0.5, 0.6) is 5.75 Å². The van der Waals surface area contributed by atoms with Crippen molar-refractivity contribution in [2.45, 2.75) is 89.6 Å². The average molecular weight is 424 g/mol. The Labute approximate surface area is 189 Å². The van der Waals surface area contributed by atoms with E-state index in [0.717, 1.165) is 44.1 Å². The summed E-state index contributed by atoms with van der Waals surface area (Å²) < 4.78 is 6.25. The SMILES string of the molecule is C=C=CCCCC(=O)CCN1CCC(c2ccc(OC3CCC(CC)CC3)cc2)CC1. The van der Waals surface area contributed by atoms with Crippen LogP contribution in [0.3, 0.4) is 0 Å². The maximum Gasteiger partial charge on any atom is 0.134 e. The number of allylic oxidation sites excluding steroid dienone is 1. The van der Waals surface area contributed by atoms with Gasteiger partial charge in [-0.05, 0) is 100 Å². The van der Waals surface area contributed by atoms with Crippen molar-refractivity contribution < 1.29 is 9.53 Å². The molecule has 0 unspecified atom stereocenters. The van der Waals surface area contributed by atoms with Crippen LogP contribution < -0.4 is 4.74 Å². The molecule has 3 heteroatoms. The maximum atomic E-state index is 12.1. The number of hydrogen-bond acceptors (Lipinski definition) is 3. The lowest BCUT2D eigenvalue weighted by Crippen LogP contribution is -2.34. The van der Waals surface area contributed by atoms with Crippen molar-refractivity contribution in [1.29, 1.82) is 0 Å². The number of ketones is 1. The van der Waals surface area contributed by atoms with Crippen molar-refractivity contribution in [3.05, 3.63) is 48.2 Å². The number of benzene rings is 1. The molecule has 3 nitrogen and oxygen atoms in total. The summed E-state index contributed by atoms with van der Waals surface area (Å²) in [5.74, 6) is 2.96. The lowest BCUT2D eigenvalue weighted by Gasteiger charge is -2.32. The first-order valence-electron chi connectivity index (χ1n) is 12.5. The molecule has 1 aliphatic heterocycles. The zero-order valence-electron chi connectivity index (χ0n) is 19.5. The summed E-state index contributed by atoms with van der Waals surface area (Å²) in [6, 6.07) is 8.89. The molecule has 0 amide bonds. The van der Waals surface area contributed by atoms with Gasteiger partial charge in [0, 0.05) is 19.4 Å². The lowest BCUT2D eigenvalue weighted by atomic mass is 9.86. The molecule has 0 aromatic heterocycles. The van der Waals surface area contributed by atoms with E-state index >= 15 is 0 Å². The number of hydrogen-bond donors (Lipinski definition) is 0. The van der Waals surface area contributed by atoms with Gasteiger partial charge in [0.2, 0.25) is 0 Å². The molecule has 1 aliphatic carbocycles. The van der Waals surface area contributed by atoms with Gasteiger partial charge in [-0.25, -0.2) is 0 Å². The molecule has 0 N–H and O–H groups in total. The van der Waals surface area contributed by atoms with Crippen LogP contribution in [0.1, 0.15) is 89.0 Å². The maximum absolute atomic E-state index is 12.1. The Balaban J connectivity index is 1.35. The van der Waals surface area contributed by atoms with E-state index in [1.807, 2.05) is 6.08 Å². The third-order valence-corrected chi connectivity index (χ3v) is 7.27. The molecule has 0 radical (unpaired) electrons. The van der Waals surface area contributed by atoms with Gasteiger partial charge >= 0.3 is 0 Å². The second-order valence-corrected chi connectivity index (χ2v) is 9.44. The Morgan fingerprint density at radius 1 is 1.10 bits per heavy atom. The van der Waals surface area contributed by atoms with Gasteiger partial charge in [-0.3, -0.25) is 4.79 Å². The van der Waals surface area contributed by atoms with Crippen LogP contribution in [0.2, 0.25) is 0 Å². The molecule has 1 heterocycles. The molecule has 1 aromatic carbocycles. The molecule has 0 bridgehead atoms. The van der Waals surface area contributed by atoms with Gasteiger partial charge < -0.3 is 9.64 Å². The normalized spacial score (nSPS) is 22.6. The van der Waals surface area contributed by atoms with Crippen molar-refractivity contribution in [3.63, 3.8) is 0 Å². The molecule has 2 aliphatic rings. The van der Waals surface area contributed by atoms with E-state index in [2.05, 4.69) is 48.4 Å². The molecular weight excluding hydrogens is 382 g/mol. The van der Waals surface area contributed by atoms with Gasteiger partial charge in [0.15, 0.2) is 0 Å². The quantitative estimate of drug-likeness (QED) is 0.293. The highest BCUT2D eigenvalue weighted by molar-refractivity contribution is 5.78. The number of carbonyl (C=O) groups excluding carboxylic acids is 1. The second kappa shape index (κ2) is 12.9. The van der Waals surface area contributed by atoms with E-state index in [1.165, 1.54) is 50.5 Å². The van der Waals surface area contributed by atoms with Crippen molar-refractivity contribution in [2.24, 2.45) is 5.92 Å². The zero-order valence-corrected chi connectivity index (χ0v) is 19.5. The molecule has 0 spiro atoms. The molecule has 170 valence electrons. The number of piperidine rings is 1. The van der Waals surface area contributed by atoms with E-state index in [-0.39, 0.29) is 0 Å². The van der Waals surface area contributed by atoms with E-state index in [0.29, 0.717) is 30.6 Å². The van der Waals surface area contributed by atoms with E-state index in [1.54, 1.807) is 0 Å². The van der Waals surface area contributed by atoms with Crippen LogP contribution in [0.25, 0.3) is 0 Å². The van der Waals surface area contributed by atoms with Crippen molar-refractivity contribution in [2.75, 3.05) is 19.6 Å². The van der Waals surface area contributed by atoms with E-state index < -0.39 is 0 Å². The first-order chi connectivity index (χ1) is 15.2. The number of likely N-dealkylation sites (tertiary alicyclic amines) is 1. The van der Waals surface area contributed by atoms with Crippen LogP contribution in [-0.4, -0.2) is 36.4 Å². The topological polar surface area (TPSA) is 29.5 Å². The summed E-state index contributed by atoms with van der Waals surface area (Å²) in [4.78, 5) is 14.5. The average Bonchev–Trinajstić information content (AvgIpc) is 2.82. The summed E-state index contributed by atoms with van der Waals surface area (Å²) >= 11 is 0. The molecule has 2 fully saturated rings. The number of unbranched alkanes of at least 4 members (excludes halogenated alkanes) is 1. The third-order valence-electron chi connectivity index (χ3n) is 7.27. The minimum absolute atomic E-state index is 0.387. The fourth-order valence-corrected chi connectivity index (χ4v) is 5.07. The highest BCUT2D eigenvalue weighted by Crippen LogP contribution is 2.32. The number of Topliss-reactive ketones (excluding diaryl/α,β-unsaturated/α-hetero) is 1.